The number of rotatable bonds is 6. The maximum atomic E-state index is 13.8. The van der Waals surface area contributed by atoms with Crippen LogP contribution in [0.4, 0.5) is 19.0 Å². The molecule has 42 heavy (non-hydrogen) atoms. The van der Waals surface area contributed by atoms with Crippen molar-refractivity contribution in [3.05, 3.63) is 76.6 Å². The first-order valence-corrected chi connectivity index (χ1v) is 14.4. The maximum Gasteiger partial charge on any atom is 0.435 e. The van der Waals surface area contributed by atoms with E-state index in [-0.39, 0.29) is 23.9 Å². The fourth-order valence-corrected chi connectivity index (χ4v) is 6.25. The number of nitrogens with zero attached hydrogens (tertiary/aromatic N) is 4. The third-order valence-corrected chi connectivity index (χ3v) is 8.42. The molecule has 0 atom stereocenters. The molecule has 10 heteroatoms. The topological polar surface area (TPSA) is 80.1 Å². The minimum Gasteiger partial charge on any atom is -0.352 e. The number of nitrogens with one attached hydrogen (secondary N) is 1. The van der Waals surface area contributed by atoms with E-state index in [2.05, 4.69) is 10.4 Å². The molecule has 1 fully saturated rings. The van der Waals surface area contributed by atoms with Gasteiger partial charge in [0.25, 0.3) is 11.8 Å². The Bertz CT molecular complexity index is 1690. The van der Waals surface area contributed by atoms with Crippen LogP contribution < -0.4 is 10.2 Å². The molecule has 2 aromatic carbocycles. The predicted octanol–water partition coefficient (Wildman–Crippen LogP) is 6.34. The molecule has 7 nitrogen and oxygen atoms in total. The Hall–Kier alpha value is -4.21. The Morgan fingerprint density at radius 3 is 2.57 bits per heavy atom. The summed E-state index contributed by atoms with van der Waals surface area (Å²) in [7, 11) is 1.44. The minimum absolute atomic E-state index is 0.0492. The molecule has 0 spiro atoms. The van der Waals surface area contributed by atoms with Gasteiger partial charge in [-0.3, -0.25) is 19.2 Å². The molecule has 0 unspecified atom stereocenters. The van der Waals surface area contributed by atoms with E-state index in [1.165, 1.54) is 31.0 Å². The number of fused-ring (bicyclic) bond motifs is 2. The minimum atomic E-state index is -4.63. The van der Waals surface area contributed by atoms with E-state index in [0.29, 0.717) is 52.5 Å². The second-order valence-electron chi connectivity index (χ2n) is 11.2. The lowest BCUT2D eigenvalue weighted by Crippen LogP contribution is -2.38. The van der Waals surface area contributed by atoms with Crippen LogP contribution in [-0.4, -0.2) is 39.7 Å². The molecule has 3 heterocycles. The van der Waals surface area contributed by atoms with Gasteiger partial charge in [-0.15, -0.1) is 0 Å². The van der Waals surface area contributed by atoms with Gasteiger partial charge in [0.15, 0.2) is 5.69 Å². The first-order chi connectivity index (χ1) is 20.1. The second-order valence-corrected chi connectivity index (χ2v) is 11.2. The molecule has 1 aliphatic heterocycles. The zero-order valence-electron chi connectivity index (χ0n) is 23.6. The van der Waals surface area contributed by atoms with Crippen LogP contribution in [0.2, 0.25) is 0 Å². The lowest BCUT2D eigenvalue weighted by molar-refractivity contribution is -0.141. The Morgan fingerprint density at radius 1 is 1.07 bits per heavy atom. The number of pyridine rings is 1. The van der Waals surface area contributed by atoms with Gasteiger partial charge in [-0.1, -0.05) is 31.9 Å². The number of alkyl halides is 3. The molecule has 2 aliphatic rings. The van der Waals surface area contributed by atoms with Crippen molar-refractivity contribution in [3.63, 3.8) is 0 Å². The van der Waals surface area contributed by atoms with Gasteiger partial charge in [-0.25, -0.2) is 4.98 Å². The third kappa shape index (κ3) is 5.14. The Labute approximate surface area is 241 Å². The summed E-state index contributed by atoms with van der Waals surface area (Å²) in [6.45, 7) is 2.90. The van der Waals surface area contributed by atoms with Gasteiger partial charge in [0.2, 0.25) is 0 Å². The monoisotopic (exact) mass is 575 g/mol. The van der Waals surface area contributed by atoms with Crippen LogP contribution in [0.5, 0.6) is 0 Å². The highest BCUT2D eigenvalue weighted by Crippen LogP contribution is 2.39. The molecule has 0 bridgehead atoms. The smallest absolute Gasteiger partial charge is 0.352 e. The number of halogens is 3. The van der Waals surface area contributed by atoms with Crippen molar-refractivity contribution in [2.45, 2.75) is 51.6 Å². The zero-order chi connectivity index (χ0) is 29.6. The molecule has 6 rings (SSSR count). The van der Waals surface area contributed by atoms with Crippen LogP contribution in [0.15, 0.2) is 48.7 Å². The van der Waals surface area contributed by atoms with E-state index in [0.717, 1.165) is 34.9 Å². The molecule has 1 aliphatic carbocycles. The fraction of sp³-hybridized carbons (Fsp3) is 0.375. The van der Waals surface area contributed by atoms with Crippen molar-refractivity contribution >= 4 is 28.5 Å². The summed E-state index contributed by atoms with van der Waals surface area (Å²) >= 11 is 0. The average Bonchev–Trinajstić information content (AvgIpc) is 3.65. The van der Waals surface area contributed by atoms with Crippen LogP contribution >= 0.6 is 0 Å². The van der Waals surface area contributed by atoms with Gasteiger partial charge in [-0.05, 0) is 78.6 Å². The Kier molecular flexibility index (Phi) is 7.24. The van der Waals surface area contributed by atoms with E-state index >= 15 is 0 Å². The summed E-state index contributed by atoms with van der Waals surface area (Å²) in [5.41, 5.74) is 2.22. The molecule has 2 amide bonds. The molecule has 4 aromatic rings. The third-order valence-electron chi connectivity index (χ3n) is 8.42. The molecule has 218 valence electrons. The van der Waals surface area contributed by atoms with Gasteiger partial charge < -0.3 is 5.32 Å². The number of hydrogen-bond donors (Lipinski definition) is 1. The molecule has 2 aromatic heterocycles. The lowest BCUT2D eigenvalue weighted by Gasteiger charge is -2.29. The first kappa shape index (κ1) is 27.9. The maximum absolute atomic E-state index is 13.8. The molecule has 1 N–H and O–H groups in total. The number of carbonyl (C=O) groups excluding carboxylic acids is 2. The SMILES string of the molecule is CCc1cc(C(=O)NCC2CCCC2)c2nc(N3CCc4c(cccc4-c4cn(C)nc4C(F)(F)F)C3=O)ccc2c1. The summed E-state index contributed by atoms with van der Waals surface area (Å²) in [6.07, 6.45) is 2.44. The average molecular weight is 576 g/mol. The number of benzene rings is 2. The highest BCUT2D eigenvalue weighted by Gasteiger charge is 2.39. The lowest BCUT2D eigenvalue weighted by atomic mass is 9.90. The van der Waals surface area contributed by atoms with E-state index < -0.39 is 11.9 Å². The van der Waals surface area contributed by atoms with Crippen molar-refractivity contribution in [1.82, 2.24) is 20.1 Å². The number of aromatic nitrogens is 3. The highest BCUT2D eigenvalue weighted by molar-refractivity contribution is 6.10. The number of amides is 2. The normalized spacial score (nSPS) is 15.8. The predicted molar refractivity (Wildman–Crippen MR) is 154 cm³/mol. The van der Waals surface area contributed by atoms with Crippen LogP contribution in [-0.2, 0) is 26.1 Å². The summed E-state index contributed by atoms with van der Waals surface area (Å²) in [5, 5.41) is 7.55. The zero-order valence-corrected chi connectivity index (χ0v) is 23.6. The van der Waals surface area contributed by atoms with E-state index in [4.69, 9.17) is 4.98 Å². The summed E-state index contributed by atoms with van der Waals surface area (Å²) in [4.78, 5) is 33.5. The summed E-state index contributed by atoms with van der Waals surface area (Å²) in [5.74, 6) is 0.367. The fourth-order valence-electron chi connectivity index (χ4n) is 6.25. The molecule has 0 saturated heterocycles. The number of anilines is 1. The quantitative estimate of drug-likeness (QED) is 0.291. The Balaban J connectivity index is 1.35. The van der Waals surface area contributed by atoms with Gasteiger partial charge >= 0.3 is 6.18 Å². The standard InChI is InChI=1S/C32H32F3N5O2/c1-3-19-15-21-11-12-27(37-28(21)25(16-19)30(41)36-17-20-7-4-5-8-20)40-14-13-23-22(9-6-10-24(23)31(40)42)26-18-39(2)38-29(26)32(33,34)35/h6,9-12,15-16,18,20H,3-5,7-8,13-14,17H2,1-2H3,(H,36,41). The van der Waals surface area contributed by atoms with Crippen molar-refractivity contribution in [2.75, 3.05) is 18.0 Å². The van der Waals surface area contributed by atoms with E-state index in [1.807, 2.05) is 25.1 Å². The van der Waals surface area contributed by atoms with Crippen molar-refractivity contribution in [2.24, 2.45) is 13.0 Å². The summed E-state index contributed by atoms with van der Waals surface area (Å²) in [6, 6.07) is 12.3. The highest BCUT2D eigenvalue weighted by atomic mass is 19.4. The van der Waals surface area contributed by atoms with E-state index in [9.17, 15) is 22.8 Å². The summed E-state index contributed by atoms with van der Waals surface area (Å²) < 4.78 is 42.4. The molecular weight excluding hydrogens is 543 g/mol. The van der Waals surface area contributed by atoms with Crippen molar-refractivity contribution < 1.29 is 22.8 Å². The van der Waals surface area contributed by atoms with Gasteiger partial charge in [0.05, 0.1) is 11.1 Å². The number of carbonyl (C=O) groups is 2. The van der Waals surface area contributed by atoms with Crippen molar-refractivity contribution in [1.29, 1.82) is 0 Å². The largest absolute Gasteiger partial charge is 0.435 e. The molecular formula is C32H32F3N5O2. The number of aryl methyl sites for hydroxylation is 2. The first-order valence-electron chi connectivity index (χ1n) is 14.4. The second kappa shape index (κ2) is 10.9. The van der Waals surface area contributed by atoms with Crippen LogP contribution in [0.1, 0.15) is 70.1 Å². The van der Waals surface area contributed by atoms with Gasteiger partial charge in [-0.2, -0.15) is 18.3 Å². The molecule has 0 radical (unpaired) electrons. The van der Waals surface area contributed by atoms with Crippen LogP contribution in [0.25, 0.3) is 22.0 Å². The van der Waals surface area contributed by atoms with Crippen molar-refractivity contribution in [3.8, 4) is 11.1 Å². The van der Waals surface area contributed by atoms with Gasteiger partial charge in [0.1, 0.15) is 5.82 Å². The van der Waals surface area contributed by atoms with E-state index in [1.54, 1.807) is 24.3 Å². The number of hydrogen-bond acceptors (Lipinski definition) is 4. The van der Waals surface area contributed by atoms with Crippen LogP contribution in [0.3, 0.4) is 0 Å². The molecule has 1 saturated carbocycles. The van der Waals surface area contributed by atoms with Crippen LogP contribution in [0, 0.1) is 5.92 Å². The van der Waals surface area contributed by atoms with Gasteiger partial charge in [0, 0.05) is 42.8 Å². The Morgan fingerprint density at radius 2 is 1.83 bits per heavy atom.